The van der Waals surface area contributed by atoms with Crippen molar-refractivity contribution in [2.45, 2.75) is 91.1 Å². The van der Waals surface area contributed by atoms with Crippen LogP contribution >= 0.6 is 0 Å². The fourth-order valence-electron chi connectivity index (χ4n) is 5.71. The zero-order valence-electron chi connectivity index (χ0n) is 21.8. The molecule has 3 aromatic rings. The first-order valence-electron chi connectivity index (χ1n) is 12.6. The number of rotatable bonds is 7. The largest absolute Gasteiger partial charge is 0.363 e. The average molecular weight is 458 g/mol. The summed E-state index contributed by atoms with van der Waals surface area (Å²) in [7, 11) is 0. The highest BCUT2D eigenvalue weighted by atomic mass is 16.1. The molecule has 1 aliphatic rings. The van der Waals surface area contributed by atoms with Crippen molar-refractivity contribution in [2.75, 3.05) is 5.32 Å². The molecule has 1 atom stereocenters. The number of benzene rings is 2. The SMILES string of the molecule is CCC(CC)(CC(=O)c1c(C)nn2c1NC(c1ccccc1C)CC2(C)C)c1ccc(C)cc1. The molecule has 0 aliphatic carbocycles. The molecule has 4 nitrogen and oxygen atoms in total. The Morgan fingerprint density at radius 2 is 1.71 bits per heavy atom. The third-order valence-corrected chi connectivity index (χ3v) is 8.01. The van der Waals surface area contributed by atoms with E-state index in [4.69, 9.17) is 5.10 Å². The Morgan fingerprint density at radius 1 is 1.06 bits per heavy atom. The molecule has 0 fully saturated rings. The molecule has 0 saturated heterocycles. The number of nitrogens with one attached hydrogen (secondary N) is 1. The number of aryl methyl sites for hydroxylation is 3. The van der Waals surface area contributed by atoms with Crippen molar-refractivity contribution >= 4 is 11.6 Å². The summed E-state index contributed by atoms with van der Waals surface area (Å²) in [6.45, 7) is 15.1. The van der Waals surface area contributed by atoms with Gasteiger partial charge in [-0.2, -0.15) is 5.10 Å². The van der Waals surface area contributed by atoms with Crippen LogP contribution in [0.5, 0.6) is 0 Å². The molecule has 0 saturated carbocycles. The van der Waals surface area contributed by atoms with Crippen LogP contribution in [-0.4, -0.2) is 15.6 Å². The number of hydrogen-bond acceptors (Lipinski definition) is 3. The van der Waals surface area contributed by atoms with Crippen molar-refractivity contribution in [3.05, 3.63) is 82.0 Å². The Labute approximate surface area is 204 Å². The third kappa shape index (κ3) is 4.19. The molecule has 180 valence electrons. The molecule has 2 heterocycles. The van der Waals surface area contributed by atoms with Gasteiger partial charge < -0.3 is 5.32 Å². The third-order valence-electron chi connectivity index (χ3n) is 8.01. The van der Waals surface area contributed by atoms with Gasteiger partial charge in [-0.15, -0.1) is 0 Å². The lowest BCUT2D eigenvalue weighted by Gasteiger charge is -2.39. The second-order valence-electron chi connectivity index (χ2n) is 10.7. The molecule has 1 N–H and O–H groups in total. The molecule has 4 heteroatoms. The second kappa shape index (κ2) is 9.05. The van der Waals surface area contributed by atoms with E-state index in [9.17, 15) is 4.79 Å². The summed E-state index contributed by atoms with van der Waals surface area (Å²) >= 11 is 0. The molecule has 2 aromatic carbocycles. The number of fused-ring (bicyclic) bond motifs is 1. The van der Waals surface area contributed by atoms with Gasteiger partial charge in [0.25, 0.3) is 0 Å². The number of anilines is 1. The fraction of sp³-hybridized carbons (Fsp3) is 0.467. The van der Waals surface area contributed by atoms with E-state index < -0.39 is 0 Å². The first-order chi connectivity index (χ1) is 16.1. The van der Waals surface area contributed by atoms with E-state index in [2.05, 4.69) is 100 Å². The van der Waals surface area contributed by atoms with Crippen LogP contribution in [0.15, 0.2) is 48.5 Å². The fourth-order valence-corrected chi connectivity index (χ4v) is 5.71. The molecule has 0 radical (unpaired) electrons. The quantitative estimate of drug-likeness (QED) is 0.375. The normalized spacial score (nSPS) is 17.2. The van der Waals surface area contributed by atoms with Crippen molar-refractivity contribution in [2.24, 2.45) is 0 Å². The molecule has 0 amide bonds. The number of Topliss-reactive ketones (excluding diaryl/α,β-unsaturated/α-hetero) is 1. The van der Waals surface area contributed by atoms with Crippen LogP contribution in [0.2, 0.25) is 0 Å². The smallest absolute Gasteiger partial charge is 0.169 e. The van der Waals surface area contributed by atoms with Crippen LogP contribution in [0.25, 0.3) is 0 Å². The van der Waals surface area contributed by atoms with Gasteiger partial charge in [-0.05, 0) is 70.6 Å². The van der Waals surface area contributed by atoms with Gasteiger partial charge in [-0.25, -0.2) is 4.68 Å². The number of aromatic nitrogens is 2. The van der Waals surface area contributed by atoms with E-state index in [1.165, 1.54) is 22.3 Å². The Kier molecular flexibility index (Phi) is 6.46. The second-order valence-corrected chi connectivity index (χ2v) is 10.7. The van der Waals surface area contributed by atoms with Gasteiger partial charge in [-0.3, -0.25) is 4.79 Å². The minimum Gasteiger partial charge on any atom is -0.363 e. The molecule has 1 aromatic heterocycles. The van der Waals surface area contributed by atoms with Gasteiger partial charge >= 0.3 is 0 Å². The van der Waals surface area contributed by atoms with Crippen LogP contribution in [0.4, 0.5) is 5.82 Å². The molecule has 1 unspecified atom stereocenters. The number of carbonyl (C=O) groups is 1. The van der Waals surface area contributed by atoms with Crippen LogP contribution in [-0.2, 0) is 11.0 Å². The van der Waals surface area contributed by atoms with Gasteiger partial charge in [0, 0.05) is 11.8 Å². The Hall–Kier alpha value is -2.88. The Bertz CT molecular complexity index is 1180. The van der Waals surface area contributed by atoms with Gasteiger partial charge in [-0.1, -0.05) is 67.9 Å². The van der Waals surface area contributed by atoms with E-state index in [-0.39, 0.29) is 22.8 Å². The minimum absolute atomic E-state index is 0.144. The molecular formula is C30H39N3O. The lowest BCUT2D eigenvalue weighted by Crippen LogP contribution is -2.38. The zero-order chi connectivity index (χ0) is 24.7. The molecule has 4 rings (SSSR count). The first kappa shape index (κ1) is 24.3. The highest BCUT2D eigenvalue weighted by Gasteiger charge is 2.40. The summed E-state index contributed by atoms with van der Waals surface area (Å²) in [6.07, 6.45) is 3.24. The van der Waals surface area contributed by atoms with Gasteiger partial charge in [0.15, 0.2) is 5.78 Å². The summed E-state index contributed by atoms with van der Waals surface area (Å²) in [5.41, 5.74) is 6.25. The predicted molar refractivity (Wildman–Crippen MR) is 141 cm³/mol. The number of nitrogens with zero attached hydrogens (tertiary/aromatic N) is 2. The summed E-state index contributed by atoms with van der Waals surface area (Å²) < 4.78 is 2.05. The molecule has 0 spiro atoms. The maximum atomic E-state index is 14.0. The van der Waals surface area contributed by atoms with Gasteiger partial charge in [0.2, 0.25) is 0 Å². The van der Waals surface area contributed by atoms with Gasteiger partial charge in [0.1, 0.15) is 5.82 Å². The Balaban J connectivity index is 1.74. The molecule has 34 heavy (non-hydrogen) atoms. The highest BCUT2D eigenvalue weighted by Crippen LogP contribution is 2.43. The Morgan fingerprint density at radius 3 is 2.32 bits per heavy atom. The number of ketones is 1. The lowest BCUT2D eigenvalue weighted by molar-refractivity contribution is 0.0944. The zero-order valence-corrected chi connectivity index (χ0v) is 21.8. The summed E-state index contributed by atoms with van der Waals surface area (Å²) in [4.78, 5) is 14.0. The van der Waals surface area contributed by atoms with Gasteiger partial charge in [0.05, 0.1) is 22.8 Å². The van der Waals surface area contributed by atoms with Crippen LogP contribution in [0, 0.1) is 20.8 Å². The summed E-state index contributed by atoms with van der Waals surface area (Å²) in [6, 6.07) is 17.4. The summed E-state index contributed by atoms with van der Waals surface area (Å²) in [5, 5.41) is 8.60. The topological polar surface area (TPSA) is 46.9 Å². The molecular weight excluding hydrogens is 418 g/mol. The van der Waals surface area contributed by atoms with Crippen LogP contribution in [0.1, 0.15) is 97.7 Å². The minimum atomic E-state index is -0.194. The van der Waals surface area contributed by atoms with E-state index in [1.54, 1.807) is 0 Å². The number of hydrogen-bond donors (Lipinski definition) is 1. The predicted octanol–water partition coefficient (Wildman–Crippen LogP) is 7.43. The maximum Gasteiger partial charge on any atom is 0.169 e. The van der Waals surface area contributed by atoms with Crippen molar-refractivity contribution in [3.63, 3.8) is 0 Å². The first-order valence-corrected chi connectivity index (χ1v) is 12.6. The van der Waals surface area contributed by atoms with Crippen LogP contribution < -0.4 is 5.32 Å². The monoisotopic (exact) mass is 457 g/mol. The highest BCUT2D eigenvalue weighted by molar-refractivity contribution is 6.02. The average Bonchev–Trinajstić information content (AvgIpc) is 3.15. The van der Waals surface area contributed by atoms with E-state index in [0.717, 1.165) is 36.3 Å². The molecule has 1 aliphatic heterocycles. The van der Waals surface area contributed by atoms with E-state index >= 15 is 0 Å². The van der Waals surface area contributed by atoms with Crippen molar-refractivity contribution < 1.29 is 4.79 Å². The van der Waals surface area contributed by atoms with E-state index in [0.29, 0.717) is 6.42 Å². The molecule has 0 bridgehead atoms. The van der Waals surface area contributed by atoms with E-state index in [1.807, 2.05) is 6.92 Å². The number of carbonyl (C=O) groups excluding carboxylic acids is 1. The maximum absolute atomic E-state index is 14.0. The van der Waals surface area contributed by atoms with Crippen molar-refractivity contribution in [1.82, 2.24) is 9.78 Å². The lowest BCUT2D eigenvalue weighted by atomic mass is 9.71. The standard InChI is InChI=1S/C30H39N3O/c1-8-30(9-2,23-16-14-20(3)15-17-23)19-26(34)27-22(5)32-33-28(27)31-25(18-29(33,6)7)24-13-11-10-12-21(24)4/h10-17,25,31H,8-9,18-19H2,1-7H3. The van der Waals surface area contributed by atoms with Crippen LogP contribution in [0.3, 0.4) is 0 Å². The van der Waals surface area contributed by atoms with Crippen molar-refractivity contribution in [3.8, 4) is 0 Å². The van der Waals surface area contributed by atoms with Crippen molar-refractivity contribution in [1.29, 1.82) is 0 Å². The summed E-state index contributed by atoms with van der Waals surface area (Å²) in [5.74, 6) is 1.05.